The Morgan fingerprint density at radius 2 is 1.79 bits per heavy atom. The molecule has 0 fully saturated rings. The average molecular weight is 460 g/mol. The first-order chi connectivity index (χ1) is 13.4. The number of hydrogen-bond donors (Lipinski definition) is 3. The smallest absolute Gasteiger partial charge is 0.417 e. The maximum absolute atomic E-state index is 14.3. The van der Waals surface area contributed by atoms with Crippen molar-refractivity contribution in [3.63, 3.8) is 0 Å². The number of nitrogens with one attached hydrogen (secondary N) is 2. The Hall–Kier alpha value is -2.70. The van der Waals surface area contributed by atoms with E-state index in [0.29, 0.717) is 18.3 Å². The van der Waals surface area contributed by atoms with Crippen molar-refractivity contribution in [1.29, 1.82) is 0 Å². The summed E-state index contributed by atoms with van der Waals surface area (Å²) < 4.78 is 66.2. The van der Waals surface area contributed by atoms with Crippen LogP contribution in [0.25, 0.3) is 0 Å². The van der Waals surface area contributed by atoms with Gasteiger partial charge < -0.3 is 10.4 Å². The predicted molar refractivity (Wildman–Crippen MR) is 90.0 cm³/mol. The number of amides is 1. The average Bonchev–Trinajstić information content (AvgIpc) is 2.61. The number of carboxylic acids is 1. The fourth-order valence-corrected chi connectivity index (χ4v) is 2.32. The van der Waals surface area contributed by atoms with E-state index in [0.717, 1.165) is 0 Å². The van der Waals surface area contributed by atoms with Crippen molar-refractivity contribution in [3.05, 3.63) is 51.1 Å². The van der Waals surface area contributed by atoms with Gasteiger partial charge in [-0.05, 0) is 12.1 Å². The number of aliphatic carboxylic acids is 1. The number of benzene rings is 1. The van der Waals surface area contributed by atoms with Gasteiger partial charge in [0.25, 0.3) is 5.91 Å². The molecular formula is C15H8Cl2F5N3O4. The fraction of sp³-hybridized carbons (Fsp3) is 0.133. The molecule has 0 unspecified atom stereocenters. The number of hydroxylamine groups is 1. The number of carboxylic acid groups (broad SMARTS) is 1. The van der Waals surface area contributed by atoms with E-state index in [9.17, 15) is 31.5 Å². The Labute approximate surface area is 168 Å². The second kappa shape index (κ2) is 8.76. The zero-order valence-electron chi connectivity index (χ0n) is 13.7. The maximum Gasteiger partial charge on any atom is 0.417 e. The first-order valence-electron chi connectivity index (χ1n) is 7.23. The summed E-state index contributed by atoms with van der Waals surface area (Å²) in [5.41, 5.74) is -1.08. The van der Waals surface area contributed by atoms with E-state index in [1.165, 1.54) is 0 Å². The monoisotopic (exact) mass is 459 g/mol. The zero-order valence-corrected chi connectivity index (χ0v) is 15.2. The summed E-state index contributed by atoms with van der Waals surface area (Å²) in [5.74, 6) is -6.44. The first kappa shape index (κ1) is 22.6. The van der Waals surface area contributed by atoms with Gasteiger partial charge in [0, 0.05) is 6.20 Å². The number of carbonyl (C=O) groups excluding carboxylic acids is 1. The van der Waals surface area contributed by atoms with Crippen molar-refractivity contribution >= 4 is 46.6 Å². The minimum absolute atomic E-state index is 0.383. The molecule has 14 heteroatoms. The normalized spacial score (nSPS) is 11.3. The quantitative estimate of drug-likeness (QED) is 0.340. The third-order valence-electron chi connectivity index (χ3n) is 3.18. The summed E-state index contributed by atoms with van der Waals surface area (Å²) >= 11 is 11.2. The standard InChI is InChI=1S/C15H8Cl2F5N3O4/c16-7-2-6(14(28)25-29-4-9(26)27)12(11(19)10(7)18)24-13-8(17)1-5(3-23-13)15(20,21)22/h1-3H,4H2,(H,23,24)(H,25,28)(H,26,27). The van der Waals surface area contributed by atoms with E-state index in [-0.39, 0.29) is 0 Å². The predicted octanol–water partition coefficient (Wildman–Crippen LogP) is 4.18. The molecule has 1 aromatic heterocycles. The SMILES string of the molecule is O=C(O)CONC(=O)c1cc(Cl)c(F)c(F)c1Nc1ncc(C(F)(F)F)cc1Cl. The fourth-order valence-electron chi connectivity index (χ4n) is 1.92. The molecule has 0 radical (unpaired) electrons. The van der Waals surface area contributed by atoms with Crippen LogP contribution < -0.4 is 10.8 Å². The van der Waals surface area contributed by atoms with Crippen molar-refractivity contribution in [1.82, 2.24) is 10.5 Å². The highest BCUT2D eigenvalue weighted by Gasteiger charge is 2.32. The van der Waals surface area contributed by atoms with Crippen LogP contribution in [0.1, 0.15) is 15.9 Å². The number of aromatic nitrogens is 1. The second-order valence-electron chi connectivity index (χ2n) is 5.20. The molecule has 3 N–H and O–H groups in total. The van der Waals surface area contributed by atoms with Gasteiger partial charge in [-0.1, -0.05) is 23.2 Å². The van der Waals surface area contributed by atoms with Crippen molar-refractivity contribution in [3.8, 4) is 0 Å². The van der Waals surface area contributed by atoms with E-state index >= 15 is 0 Å². The van der Waals surface area contributed by atoms with Crippen LogP contribution in [0.2, 0.25) is 10.0 Å². The van der Waals surface area contributed by atoms with Crippen LogP contribution in [-0.2, 0) is 15.8 Å². The van der Waals surface area contributed by atoms with Crippen LogP contribution in [0, 0.1) is 11.6 Å². The van der Waals surface area contributed by atoms with E-state index in [4.69, 9.17) is 28.3 Å². The van der Waals surface area contributed by atoms with E-state index in [2.05, 4.69) is 15.1 Å². The Morgan fingerprint density at radius 1 is 1.14 bits per heavy atom. The number of anilines is 2. The Balaban J connectivity index is 2.42. The van der Waals surface area contributed by atoms with Gasteiger partial charge in [-0.25, -0.2) is 24.0 Å². The third kappa shape index (κ3) is 5.43. The van der Waals surface area contributed by atoms with Crippen LogP contribution in [0.15, 0.2) is 18.3 Å². The van der Waals surface area contributed by atoms with Gasteiger partial charge in [0.2, 0.25) is 0 Å². The van der Waals surface area contributed by atoms with Crippen LogP contribution in [0.4, 0.5) is 33.5 Å². The molecule has 1 amide bonds. The van der Waals surface area contributed by atoms with E-state index < -0.39 is 69.0 Å². The van der Waals surface area contributed by atoms with Gasteiger partial charge in [-0.3, -0.25) is 9.63 Å². The highest BCUT2D eigenvalue weighted by Crippen LogP contribution is 2.35. The molecule has 2 aromatic rings. The van der Waals surface area contributed by atoms with Gasteiger partial charge in [-0.2, -0.15) is 13.2 Å². The molecule has 0 aliphatic carbocycles. The number of rotatable bonds is 6. The molecule has 1 heterocycles. The molecule has 0 saturated heterocycles. The summed E-state index contributed by atoms with van der Waals surface area (Å²) in [6.45, 7) is -0.946. The lowest BCUT2D eigenvalue weighted by Gasteiger charge is -2.15. The molecule has 2 rings (SSSR count). The molecule has 0 aliphatic rings. The number of nitrogens with zero attached hydrogens (tertiary/aromatic N) is 1. The molecule has 0 bridgehead atoms. The van der Waals surface area contributed by atoms with Crippen LogP contribution >= 0.6 is 23.2 Å². The Morgan fingerprint density at radius 3 is 2.34 bits per heavy atom. The van der Waals surface area contributed by atoms with Gasteiger partial charge in [0.15, 0.2) is 18.2 Å². The molecule has 0 aliphatic heterocycles. The van der Waals surface area contributed by atoms with Gasteiger partial charge in [0.1, 0.15) is 5.82 Å². The lowest BCUT2D eigenvalue weighted by molar-refractivity contribution is -0.144. The van der Waals surface area contributed by atoms with Crippen molar-refractivity contribution in [2.45, 2.75) is 6.18 Å². The molecule has 0 spiro atoms. The topological polar surface area (TPSA) is 101 Å². The summed E-state index contributed by atoms with van der Waals surface area (Å²) in [6, 6.07) is 1.16. The number of hydrogen-bond acceptors (Lipinski definition) is 5. The third-order valence-corrected chi connectivity index (χ3v) is 3.74. The van der Waals surface area contributed by atoms with Crippen LogP contribution in [0.3, 0.4) is 0 Å². The summed E-state index contributed by atoms with van der Waals surface area (Å²) in [6.07, 6.45) is -4.37. The van der Waals surface area contributed by atoms with Gasteiger partial charge in [0.05, 0.1) is 26.9 Å². The summed E-state index contributed by atoms with van der Waals surface area (Å²) in [7, 11) is 0. The minimum atomic E-state index is -4.75. The Bertz CT molecular complexity index is 972. The number of halogens is 7. The zero-order chi connectivity index (χ0) is 21.9. The van der Waals surface area contributed by atoms with Crippen LogP contribution in [-0.4, -0.2) is 28.6 Å². The molecule has 0 atom stereocenters. The molecule has 7 nitrogen and oxygen atoms in total. The lowest BCUT2D eigenvalue weighted by Crippen LogP contribution is -2.27. The molecule has 156 valence electrons. The number of carbonyl (C=O) groups is 2. The van der Waals surface area contributed by atoms with Crippen molar-refractivity contribution in [2.75, 3.05) is 11.9 Å². The highest BCUT2D eigenvalue weighted by atomic mass is 35.5. The first-order valence-corrected chi connectivity index (χ1v) is 7.98. The molecular weight excluding hydrogens is 452 g/mol. The lowest BCUT2D eigenvalue weighted by atomic mass is 10.1. The second-order valence-corrected chi connectivity index (χ2v) is 6.01. The highest BCUT2D eigenvalue weighted by molar-refractivity contribution is 6.33. The summed E-state index contributed by atoms with van der Waals surface area (Å²) in [5, 5.41) is 9.17. The van der Waals surface area contributed by atoms with Crippen LogP contribution in [0.5, 0.6) is 0 Å². The van der Waals surface area contributed by atoms with Gasteiger partial charge >= 0.3 is 12.1 Å². The van der Waals surface area contributed by atoms with E-state index in [1.54, 1.807) is 5.48 Å². The molecule has 1 aromatic carbocycles. The Kier molecular flexibility index (Phi) is 6.82. The number of pyridine rings is 1. The molecule has 0 saturated carbocycles. The largest absolute Gasteiger partial charge is 0.479 e. The minimum Gasteiger partial charge on any atom is -0.479 e. The number of alkyl halides is 3. The molecule has 29 heavy (non-hydrogen) atoms. The maximum atomic E-state index is 14.3. The van der Waals surface area contributed by atoms with Crippen molar-refractivity contribution < 1.29 is 41.5 Å². The van der Waals surface area contributed by atoms with Crippen molar-refractivity contribution in [2.24, 2.45) is 0 Å². The van der Waals surface area contributed by atoms with Gasteiger partial charge in [-0.15, -0.1) is 0 Å². The van der Waals surface area contributed by atoms with E-state index in [1.807, 2.05) is 0 Å². The summed E-state index contributed by atoms with van der Waals surface area (Å²) in [4.78, 5) is 30.2.